The zero-order chi connectivity index (χ0) is 18.0. The van der Waals surface area contributed by atoms with Crippen molar-refractivity contribution < 1.29 is 14.1 Å². The molecule has 0 aliphatic carbocycles. The second-order valence-corrected chi connectivity index (χ2v) is 7.31. The molecule has 138 valence electrons. The molecule has 2 saturated heterocycles. The summed E-state index contributed by atoms with van der Waals surface area (Å²) in [5.41, 5.74) is 0.663. The van der Waals surface area contributed by atoms with Crippen LogP contribution in [-0.2, 0) is 14.9 Å². The number of nitrogens with zero attached hydrogens (tertiary/aromatic N) is 3. The minimum atomic E-state index is -0.451. The van der Waals surface area contributed by atoms with Crippen molar-refractivity contribution in [2.75, 3.05) is 26.3 Å². The Morgan fingerprint density at radius 3 is 2.46 bits per heavy atom. The summed E-state index contributed by atoms with van der Waals surface area (Å²) in [6.45, 7) is 4.58. The molecule has 0 bridgehead atoms. The average Bonchev–Trinajstić information content (AvgIpc) is 3.15. The number of aromatic nitrogens is 2. The first-order valence-electron chi connectivity index (χ1n) is 9.42. The quantitative estimate of drug-likeness (QED) is 0.847. The van der Waals surface area contributed by atoms with Crippen LogP contribution in [0.2, 0.25) is 0 Å². The number of likely N-dealkylation sites (tertiary alicyclic amines) is 1. The molecule has 26 heavy (non-hydrogen) atoms. The lowest BCUT2D eigenvalue weighted by atomic mass is 9.72. The SMILES string of the molecule is Cc1noc(C2CCN(C(=O)C3(c4ccccc4)CCOCC3)CC2)n1. The van der Waals surface area contributed by atoms with Gasteiger partial charge in [0.1, 0.15) is 0 Å². The molecule has 2 aliphatic heterocycles. The second-order valence-electron chi connectivity index (χ2n) is 7.31. The molecule has 0 radical (unpaired) electrons. The Morgan fingerprint density at radius 1 is 1.15 bits per heavy atom. The van der Waals surface area contributed by atoms with Crippen molar-refractivity contribution >= 4 is 5.91 Å². The highest BCUT2D eigenvalue weighted by Crippen LogP contribution is 2.38. The third-order valence-electron chi connectivity index (χ3n) is 5.76. The van der Waals surface area contributed by atoms with Crippen LogP contribution < -0.4 is 0 Å². The van der Waals surface area contributed by atoms with E-state index in [1.165, 1.54) is 0 Å². The molecule has 4 rings (SSSR count). The molecule has 2 fully saturated rings. The minimum absolute atomic E-state index is 0.243. The van der Waals surface area contributed by atoms with Crippen molar-refractivity contribution in [2.24, 2.45) is 0 Å². The average molecular weight is 355 g/mol. The summed E-state index contributed by atoms with van der Waals surface area (Å²) < 4.78 is 10.9. The van der Waals surface area contributed by atoms with Crippen LogP contribution in [0.4, 0.5) is 0 Å². The van der Waals surface area contributed by atoms with Crippen LogP contribution in [0.5, 0.6) is 0 Å². The molecule has 0 atom stereocenters. The maximum atomic E-state index is 13.5. The fourth-order valence-corrected chi connectivity index (χ4v) is 4.21. The molecule has 0 spiro atoms. The van der Waals surface area contributed by atoms with Crippen LogP contribution in [0.3, 0.4) is 0 Å². The maximum absolute atomic E-state index is 13.5. The third kappa shape index (κ3) is 3.14. The summed E-state index contributed by atoms with van der Waals surface area (Å²) >= 11 is 0. The molecular formula is C20H25N3O3. The monoisotopic (exact) mass is 355 g/mol. The molecule has 0 saturated carbocycles. The topological polar surface area (TPSA) is 68.5 Å². The van der Waals surface area contributed by atoms with Crippen molar-refractivity contribution in [3.05, 3.63) is 47.6 Å². The lowest BCUT2D eigenvalue weighted by Gasteiger charge is -2.42. The normalized spacial score (nSPS) is 20.9. The largest absolute Gasteiger partial charge is 0.381 e. The number of carbonyl (C=O) groups is 1. The summed E-state index contributed by atoms with van der Waals surface area (Å²) in [4.78, 5) is 19.9. The van der Waals surface area contributed by atoms with Crippen molar-refractivity contribution in [1.29, 1.82) is 0 Å². The fourth-order valence-electron chi connectivity index (χ4n) is 4.21. The first-order valence-corrected chi connectivity index (χ1v) is 9.42. The fraction of sp³-hybridized carbons (Fsp3) is 0.550. The van der Waals surface area contributed by atoms with Crippen LogP contribution in [0.25, 0.3) is 0 Å². The minimum Gasteiger partial charge on any atom is -0.381 e. The van der Waals surface area contributed by atoms with Gasteiger partial charge in [-0.15, -0.1) is 0 Å². The molecule has 3 heterocycles. The first kappa shape index (κ1) is 17.2. The summed E-state index contributed by atoms with van der Waals surface area (Å²) in [6.07, 6.45) is 3.24. The van der Waals surface area contributed by atoms with Gasteiger partial charge >= 0.3 is 0 Å². The van der Waals surface area contributed by atoms with E-state index in [0.717, 1.165) is 44.3 Å². The molecule has 0 N–H and O–H groups in total. The van der Waals surface area contributed by atoms with Gasteiger partial charge in [-0.25, -0.2) is 0 Å². The number of aryl methyl sites for hydroxylation is 1. The van der Waals surface area contributed by atoms with E-state index < -0.39 is 5.41 Å². The van der Waals surface area contributed by atoms with E-state index in [4.69, 9.17) is 9.26 Å². The van der Waals surface area contributed by atoms with Gasteiger partial charge in [0.05, 0.1) is 5.41 Å². The highest BCUT2D eigenvalue weighted by atomic mass is 16.5. The maximum Gasteiger partial charge on any atom is 0.233 e. The predicted octanol–water partition coefficient (Wildman–Crippen LogP) is 2.83. The van der Waals surface area contributed by atoms with Gasteiger partial charge in [-0.2, -0.15) is 4.98 Å². The molecule has 1 aromatic carbocycles. The summed E-state index contributed by atoms with van der Waals surface area (Å²) in [7, 11) is 0. The Hall–Kier alpha value is -2.21. The number of carbonyl (C=O) groups excluding carboxylic acids is 1. The smallest absolute Gasteiger partial charge is 0.233 e. The zero-order valence-electron chi connectivity index (χ0n) is 15.2. The Labute approximate surface area is 153 Å². The number of amides is 1. The van der Waals surface area contributed by atoms with Crippen LogP contribution in [0.1, 0.15) is 48.9 Å². The van der Waals surface area contributed by atoms with Crippen molar-refractivity contribution in [2.45, 2.75) is 43.9 Å². The Kier molecular flexibility index (Phi) is 4.76. The number of piperidine rings is 1. The van der Waals surface area contributed by atoms with Crippen LogP contribution >= 0.6 is 0 Å². The second kappa shape index (κ2) is 7.19. The van der Waals surface area contributed by atoms with Gasteiger partial charge in [-0.1, -0.05) is 35.5 Å². The molecule has 0 unspecified atom stereocenters. The first-order chi connectivity index (χ1) is 12.7. The summed E-state index contributed by atoms with van der Waals surface area (Å²) in [5, 5.41) is 3.89. The van der Waals surface area contributed by atoms with Gasteiger partial charge in [0, 0.05) is 32.2 Å². The number of ether oxygens (including phenoxy) is 1. The van der Waals surface area contributed by atoms with Crippen LogP contribution in [0, 0.1) is 6.92 Å². The highest BCUT2D eigenvalue weighted by Gasteiger charge is 2.44. The van der Waals surface area contributed by atoms with Gasteiger partial charge in [-0.3, -0.25) is 4.79 Å². The lowest BCUT2D eigenvalue weighted by Crippen LogP contribution is -2.51. The number of hydrogen-bond donors (Lipinski definition) is 0. The van der Waals surface area contributed by atoms with Gasteiger partial charge in [0.25, 0.3) is 0 Å². The Balaban J connectivity index is 1.50. The molecule has 6 heteroatoms. The van der Waals surface area contributed by atoms with Gasteiger partial charge < -0.3 is 14.2 Å². The van der Waals surface area contributed by atoms with E-state index in [1.54, 1.807) is 0 Å². The van der Waals surface area contributed by atoms with Crippen LogP contribution in [0.15, 0.2) is 34.9 Å². The number of benzene rings is 1. The van der Waals surface area contributed by atoms with Crippen molar-refractivity contribution in [3.8, 4) is 0 Å². The van der Waals surface area contributed by atoms with E-state index in [2.05, 4.69) is 22.3 Å². The molecule has 1 aromatic heterocycles. The highest BCUT2D eigenvalue weighted by molar-refractivity contribution is 5.88. The van der Waals surface area contributed by atoms with E-state index >= 15 is 0 Å². The summed E-state index contributed by atoms with van der Waals surface area (Å²) in [5.74, 6) is 1.87. The van der Waals surface area contributed by atoms with Crippen molar-refractivity contribution in [1.82, 2.24) is 15.0 Å². The molecule has 2 aromatic rings. The molecule has 2 aliphatic rings. The third-order valence-corrected chi connectivity index (χ3v) is 5.76. The van der Waals surface area contributed by atoms with E-state index in [1.807, 2.05) is 30.0 Å². The van der Waals surface area contributed by atoms with E-state index in [0.29, 0.717) is 24.9 Å². The molecule has 6 nitrogen and oxygen atoms in total. The summed E-state index contributed by atoms with van der Waals surface area (Å²) in [6, 6.07) is 10.2. The Morgan fingerprint density at radius 2 is 1.85 bits per heavy atom. The standard InChI is InChI=1S/C20H25N3O3/c1-15-21-18(26-22-15)16-7-11-23(12-8-16)19(24)20(9-13-25-14-10-20)17-5-3-2-4-6-17/h2-6,16H,7-14H2,1H3. The lowest BCUT2D eigenvalue weighted by molar-refractivity contribution is -0.142. The van der Waals surface area contributed by atoms with E-state index in [-0.39, 0.29) is 11.8 Å². The van der Waals surface area contributed by atoms with E-state index in [9.17, 15) is 4.79 Å². The van der Waals surface area contributed by atoms with Gasteiger partial charge in [0.15, 0.2) is 5.82 Å². The zero-order valence-corrected chi connectivity index (χ0v) is 15.2. The molecular weight excluding hydrogens is 330 g/mol. The van der Waals surface area contributed by atoms with Gasteiger partial charge in [-0.05, 0) is 38.2 Å². The Bertz CT molecular complexity index is 745. The predicted molar refractivity (Wildman–Crippen MR) is 95.8 cm³/mol. The van der Waals surface area contributed by atoms with Crippen LogP contribution in [-0.4, -0.2) is 47.3 Å². The van der Waals surface area contributed by atoms with Gasteiger partial charge in [0.2, 0.25) is 11.8 Å². The van der Waals surface area contributed by atoms with Crippen molar-refractivity contribution in [3.63, 3.8) is 0 Å². The molecule has 1 amide bonds. The number of rotatable bonds is 3. The number of hydrogen-bond acceptors (Lipinski definition) is 5.